The summed E-state index contributed by atoms with van der Waals surface area (Å²) in [5, 5.41) is 0. The third-order valence-corrected chi connectivity index (χ3v) is 4.70. The van der Waals surface area contributed by atoms with Crippen LogP contribution in [0.2, 0.25) is 0 Å². The molecule has 0 N–H and O–H groups in total. The van der Waals surface area contributed by atoms with Crippen molar-refractivity contribution in [3.05, 3.63) is 23.8 Å². The van der Waals surface area contributed by atoms with Crippen molar-refractivity contribution in [2.45, 2.75) is 19.8 Å². The molecule has 0 unspecified atom stereocenters. The van der Waals surface area contributed by atoms with Crippen LogP contribution in [0.15, 0.2) is 18.2 Å². The number of likely N-dealkylation sites (N-methyl/N-ethyl adjacent to an activating group) is 1. The van der Waals surface area contributed by atoms with Gasteiger partial charge in [0.15, 0.2) is 12.4 Å². The Morgan fingerprint density at radius 2 is 2.00 bits per heavy atom. The van der Waals surface area contributed by atoms with Crippen molar-refractivity contribution in [1.82, 2.24) is 4.90 Å². The number of hydrogen-bond acceptors (Lipinski definition) is 5. The number of amides is 2. The summed E-state index contributed by atoms with van der Waals surface area (Å²) in [6, 6.07) is 5.22. The third-order valence-electron chi connectivity index (χ3n) is 4.70. The Kier molecular flexibility index (Phi) is 4.92. The van der Waals surface area contributed by atoms with Gasteiger partial charge in [-0.05, 0) is 31.9 Å². The van der Waals surface area contributed by atoms with Crippen molar-refractivity contribution >= 4 is 23.5 Å². The molecule has 1 aromatic rings. The molecule has 2 aliphatic heterocycles. The normalized spacial score (nSPS) is 17.8. The average Bonchev–Trinajstić information content (AvgIpc) is 2.64. The lowest BCUT2D eigenvalue weighted by Crippen LogP contribution is -2.41. The maximum absolute atomic E-state index is 12.9. The van der Waals surface area contributed by atoms with Gasteiger partial charge in [0.05, 0.1) is 23.8 Å². The Bertz CT molecular complexity index is 695. The summed E-state index contributed by atoms with van der Waals surface area (Å²) < 4.78 is 10.6. The van der Waals surface area contributed by atoms with Gasteiger partial charge >= 0.3 is 5.97 Å². The monoisotopic (exact) mass is 346 g/mol. The number of ether oxygens (including phenoxy) is 2. The first-order valence-electron chi connectivity index (χ1n) is 8.51. The summed E-state index contributed by atoms with van der Waals surface area (Å²) >= 11 is 0. The van der Waals surface area contributed by atoms with Gasteiger partial charge in [0.25, 0.3) is 11.8 Å². The minimum absolute atomic E-state index is 0.0707. The van der Waals surface area contributed by atoms with Crippen molar-refractivity contribution < 1.29 is 23.9 Å². The van der Waals surface area contributed by atoms with Gasteiger partial charge < -0.3 is 19.3 Å². The SMILES string of the molecule is CCOC(=O)C1CCN(C(=O)c2cccc3c2OCC(=O)N3C)CC1. The molecule has 0 bridgehead atoms. The standard InChI is InChI=1S/C18H22N2O5/c1-3-24-18(23)12-7-9-20(10-8-12)17(22)13-5-4-6-14-16(13)25-11-15(21)19(14)2/h4-6,12H,3,7-11H2,1-2H3. The number of benzene rings is 1. The number of carbonyl (C=O) groups is 3. The average molecular weight is 346 g/mol. The first-order chi connectivity index (χ1) is 12.0. The van der Waals surface area contributed by atoms with E-state index in [1.54, 1.807) is 37.1 Å². The molecule has 1 saturated heterocycles. The lowest BCUT2D eigenvalue weighted by Gasteiger charge is -2.32. The molecule has 2 amide bonds. The van der Waals surface area contributed by atoms with Gasteiger partial charge in [-0.2, -0.15) is 0 Å². The van der Waals surface area contributed by atoms with Crippen LogP contribution in [0.3, 0.4) is 0 Å². The third kappa shape index (κ3) is 3.31. The van der Waals surface area contributed by atoms with Gasteiger partial charge in [0.2, 0.25) is 0 Å². The zero-order valence-electron chi connectivity index (χ0n) is 14.5. The number of piperidine rings is 1. The molecule has 7 nitrogen and oxygen atoms in total. The van der Waals surface area contributed by atoms with E-state index in [0.29, 0.717) is 49.5 Å². The zero-order valence-corrected chi connectivity index (χ0v) is 14.5. The molecule has 0 saturated carbocycles. The van der Waals surface area contributed by atoms with Gasteiger partial charge in [0, 0.05) is 20.1 Å². The van der Waals surface area contributed by atoms with E-state index in [4.69, 9.17) is 9.47 Å². The lowest BCUT2D eigenvalue weighted by molar-refractivity contribution is -0.149. The van der Waals surface area contributed by atoms with Crippen molar-refractivity contribution in [2.75, 3.05) is 38.3 Å². The van der Waals surface area contributed by atoms with Crippen LogP contribution in [0.25, 0.3) is 0 Å². The van der Waals surface area contributed by atoms with E-state index >= 15 is 0 Å². The molecule has 2 heterocycles. The maximum atomic E-state index is 12.9. The fourth-order valence-corrected chi connectivity index (χ4v) is 3.22. The van der Waals surface area contributed by atoms with E-state index in [0.717, 1.165) is 0 Å². The topological polar surface area (TPSA) is 76.1 Å². The summed E-state index contributed by atoms with van der Waals surface area (Å²) in [5.41, 5.74) is 1.05. The quantitative estimate of drug-likeness (QED) is 0.775. The molecule has 3 rings (SSSR count). The van der Waals surface area contributed by atoms with E-state index in [2.05, 4.69) is 0 Å². The van der Waals surface area contributed by atoms with E-state index in [-0.39, 0.29) is 30.3 Å². The Morgan fingerprint density at radius 1 is 1.28 bits per heavy atom. The van der Waals surface area contributed by atoms with Gasteiger partial charge in [-0.1, -0.05) is 6.07 Å². The summed E-state index contributed by atoms with van der Waals surface area (Å²) in [6.07, 6.45) is 1.19. The molecular weight excluding hydrogens is 324 g/mol. The second-order valence-electron chi connectivity index (χ2n) is 6.21. The molecule has 0 radical (unpaired) electrons. The summed E-state index contributed by atoms with van der Waals surface area (Å²) in [4.78, 5) is 39.7. The van der Waals surface area contributed by atoms with E-state index in [1.807, 2.05) is 0 Å². The molecule has 1 aromatic carbocycles. The number of carbonyl (C=O) groups excluding carboxylic acids is 3. The van der Waals surface area contributed by atoms with Crippen LogP contribution in [0.4, 0.5) is 5.69 Å². The molecular formula is C18H22N2O5. The maximum Gasteiger partial charge on any atom is 0.309 e. The Morgan fingerprint density at radius 3 is 2.68 bits per heavy atom. The molecule has 7 heteroatoms. The van der Waals surface area contributed by atoms with Crippen LogP contribution in [0, 0.1) is 5.92 Å². The largest absolute Gasteiger partial charge is 0.481 e. The summed E-state index contributed by atoms with van der Waals surface area (Å²) in [7, 11) is 1.67. The van der Waals surface area contributed by atoms with Crippen LogP contribution >= 0.6 is 0 Å². The number of para-hydroxylation sites is 1. The molecule has 0 aromatic heterocycles. The van der Waals surface area contributed by atoms with Crippen molar-refractivity contribution in [2.24, 2.45) is 5.92 Å². The highest BCUT2D eigenvalue weighted by Crippen LogP contribution is 2.35. The Balaban J connectivity index is 1.73. The minimum Gasteiger partial charge on any atom is -0.481 e. The minimum atomic E-state index is -0.185. The van der Waals surface area contributed by atoms with Crippen molar-refractivity contribution in [1.29, 1.82) is 0 Å². The predicted molar refractivity (Wildman–Crippen MR) is 90.6 cm³/mol. The fraction of sp³-hybridized carbons (Fsp3) is 0.500. The molecule has 0 spiro atoms. The molecule has 0 atom stereocenters. The predicted octanol–water partition coefficient (Wildman–Crippen LogP) is 1.46. The number of hydrogen-bond donors (Lipinski definition) is 0. The zero-order chi connectivity index (χ0) is 18.0. The molecule has 25 heavy (non-hydrogen) atoms. The van der Waals surface area contributed by atoms with Crippen LogP contribution in [0.5, 0.6) is 5.75 Å². The highest BCUT2D eigenvalue weighted by molar-refractivity contribution is 6.04. The van der Waals surface area contributed by atoms with E-state index < -0.39 is 0 Å². The first kappa shape index (κ1) is 17.3. The van der Waals surface area contributed by atoms with Gasteiger partial charge in [0.1, 0.15) is 0 Å². The number of rotatable bonds is 3. The second kappa shape index (κ2) is 7.13. The Hall–Kier alpha value is -2.57. The Labute approximate surface area is 146 Å². The molecule has 1 fully saturated rings. The summed E-state index contributed by atoms with van der Waals surface area (Å²) in [5.74, 6) is -0.166. The first-order valence-corrected chi connectivity index (χ1v) is 8.51. The highest BCUT2D eigenvalue weighted by atomic mass is 16.5. The highest BCUT2D eigenvalue weighted by Gasteiger charge is 2.32. The van der Waals surface area contributed by atoms with E-state index in [1.165, 1.54) is 4.90 Å². The fourth-order valence-electron chi connectivity index (χ4n) is 3.22. The molecule has 0 aliphatic carbocycles. The molecule has 134 valence electrons. The number of fused-ring (bicyclic) bond motifs is 1. The smallest absolute Gasteiger partial charge is 0.309 e. The second-order valence-corrected chi connectivity index (χ2v) is 6.21. The van der Waals surface area contributed by atoms with Crippen LogP contribution in [-0.4, -0.2) is 56.0 Å². The van der Waals surface area contributed by atoms with Crippen molar-refractivity contribution in [3.63, 3.8) is 0 Å². The number of anilines is 1. The van der Waals surface area contributed by atoms with Crippen LogP contribution in [-0.2, 0) is 14.3 Å². The van der Waals surface area contributed by atoms with Gasteiger partial charge in [-0.15, -0.1) is 0 Å². The lowest BCUT2D eigenvalue weighted by atomic mass is 9.96. The van der Waals surface area contributed by atoms with E-state index in [9.17, 15) is 14.4 Å². The van der Waals surface area contributed by atoms with Crippen molar-refractivity contribution in [3.8, 4) is 5.75 Å². The summed E-state index contributed by atoms with van der Waals surface area (Å²) in [6.45, 7) is 3.09. The number of likely N-dealkylation sites (tertiary alicyclic amines) is 1. The van der Waals surface area contributed by atoms with Gasteiger partial charge in [-0.3, -0.25) is 14.4 Å². The van der Waals surface area contributed by atoms with Crippen LogP contribution in [0.1, 0.15) is 30.1 Å². The number of esters is 1. The van der Waals surface area contributed by atoms with Gasteiger partial charge in [-0.25, -0.2) is 0 Å². The van der Waals surface area contributed by atoms with Crippen LogP contribution < -0.4 is 9.64 Å². The number of nitrogens with zero attached hydrogens (tertiary/aromatic N) is 2. The molecule has 2 aliphatic rings.